The maximum Gasteiger partial charge on any atom is 0.150 e. The van der Waals surface area contributed by atoms with E-state index in [1.807, 2.05) is 12.1 Å². The van der Waals surface area contributed by atoms with Crippen molar-refractivity contribution < 1.29 is 4.79 Å². The van der Waals surface area contributed by atoms with Crippen molar-refractivity contribution in [3.63, 3.8) is 0 Å². The van der Waals surface area contributed by atoms with Crippen molar-refractivity contribution in [2.75, 3.05) is 0 Å². The molecule has 0 aromatic heterocycles. The number of fused-ring (bicyclic) bond motifs is 3. The second-order valence-corrected chi connectivity index (χ2v) is 5.24. The van der Waals surface area contributed by atoms with E-state index in [0.29, 0.717) is 0 Å². The van der Waals surface area contributed by atoms with Crippen molar-refractivity contribution in [3.05, 3.63) is 59.7 Å². The van der Waals surface area contributed by atoms with Gasteiger partial charge in [0.1, 0.15) is 0 Å². The van der Waals surface area contributed by atoms with Gasteiger partial charge in [-0.2, -0.15) is 0 Å². The van der Waals surface area contributed by atoms with Gasteiger partial charge in [-0.05, 0) is 39.4 Å². The number of hydrogen-bond donors (Lipinski definition) is 0. The molecule has 1 aliphatic rings. The van der Waals surface area contributed by atoms with Gasteiger partial charge in [0.25, 0.3) is 0 Å². The summed E-state index contributed by atoms with van der Waals surface area (Å²) in [6.07, 6.45) is 1.99. The second-order valence-electron chi connectivity index (χ2n) is 5.24. The number of rotatable bonds is 2. The maximum atomic E-state index is 11.4. The van der Waals surface area contributed by atoms with Gasteiger partial charge in [0, 0.05) is 11.1 Å². The van der Waals surface area contributed by atoms with Gasteiger partial charge in [-0.15, -0.1) is 0 Å². The molecule has 0 aliphatic heterocycles. The molecule has 0 atom stereocenters. The number of carbonyl (C=O) groups is 1. The molecule has 0 amide bonds. The fraction of sp³-hybridized carbons (Fsp3) is 0.105. The minimum atomic E-state index is 0.782. The fourth-order valence-corrected chi connectivity index (χ4v) is 3.40. The Kier molecular flexibility index (Phi) is 2.31. The van der Waals surface area contributed by atoms with Crippen LogP contribution >= 0.6 is 0 Å². The summed E-state index contributed by atoms with van der Waals surface area (Å²) in [7, 11) is 0. The highest BCUT2D eigenvalue weighted by atomic mass is 16.1. The molecule has 0 saturated carbocycles. The van der Waals surface area contributed by atoms with Crippen LogP contribution in [0.15, 0.2) is 48.5 Å². The Morgan fingerprint density at radius 3 is 2.50 bits per heavy atom. The Morgan fingerprint density at radius 1 is 0.900 bits per heavy atom. The van der Waals surface area contributed by atoms with Crippen LogP contribution in [-0.4, -0.2) is 6.29 Å². The van der Waals surface area contributed by atoms with Crippen molar-refractivity contribution in [1.82, 2.24) is 0 Å². The third kappa shape index (κ3) is 1.30. The number of aldehydes is 1. The molecular formula is C19H14O. The summed E-state index contributed by atoms with van der Waals surface area (Å²) in [5, 5.41) is 2.62. The molecular weight excluding hydrogens is 244 g/mol. The molecule has 3 aromatic carbocycles. The first-order valence-electron chi connectivity index (χ1n) is 6.98. The Hall–Kier alpha value is -2.41. The number of carbonyl (C=O) groups excluding carboxylic acids is 1. The highest BCUT2D eigenvalue weighted by Crippen LogP contribution is 2.48. The fourth-order valence-electron chi connectivity index (χ4n) is 3.40. The van der Waals surface area contributed by atoms with E-state index < -0.39 is 0 Å². The lowest BCUT2D eigenvalue weighted by Crippen LogP contribution is -1.86. The van der Waals surface area contributed by atoms with Crippen LogP contribution < -0.4 is 0 Å². The quantitative estimate of drug-likeness (QED) is 0.469. The molecule has 0 fully saturated rings. The largest absolute Gasteiger partial charge is 0.298 e. The lowest BCUT2D eigenvalue weighted by atomic mass is 9.97. The van der Waals surface area contributed by atoms with E-state index in [1.54, 1.807) is 0 Å². The smallest absolute Gasteiger partial charge is 0.150 e. The van der Waals surface area contributed by atoms with E-state index in [9.17, 15) is 4.79 Å². The summed E-state index contributed by atoms with van der Waals surface area (Å²) in [6, 6.07) is 16.8. The van der Waals surface area contributed by atoms with Gasteiger partial charge >= 0.3 is 0 Å². The zero-order chi connectivity index (χ0) is 13.7. The third-order valence-electron chi connectivity index (χ3n) is 4.29. The van der Waals surface area contributed by atoms with Gasteiger partial charge in [-0.1, -0.05) is 55.5 Å². The average Bonchev–Trinajstić information content (AvgIpc) is 2.84. The molecule has 0 radical (unpaired) electrons. The van der Waals surface area contributed by atoms with E-state index in [2.05, 4.69) is 43.3 Å². The highest BCUT2D eigenvalue weighted by Gasteiger charge is 2.23. The predicted octanol–water partition coefficient (Wildman–Crippen LogP) is 4.86. The molecule has 20 heavy (non-hydrogen) atoms. The van der Waals surface area contributed by atoms with Crippen LogP contribution in [0.25, 0.3) is 33.0 Å². The van der Waals surface area contributed by atoms with Crippen molar-refractivity contribution in [2.45, 2.75) is 13.3 Å². The number of aryl methyl sites for hydroxylation is 1. The summed E-state index contributed by atoms with van der Waals surface area (Å²) in [5.41, 5.74) is 6.88. The summed E-state index contributed by atoms with van der Waals surface area (Å²) >= 11 is 0. The zero-order valence-corrected chi connectivity index (χ0v) is 11.3. The molecule has 1 aliphatic carbocycles. The topological polar surface area (TPSA) is 17.1 Å². The lowest BCUT2D eigenvalue weighted by molar-refractivity contribution is 0.112. The van der Waals surface area contributed by atoms with Crippen LogP contribution in [0.2, 0.25) is 0 Å². The average molecular weight is 258 g/mol. The molecule has 96 valence electrons. The first-order chi connectivity index (χ1) is 9.85. The zero-order valence-electron chi connectivity index (χ0n) is 11.3. The van der Waals surface area contributed by atoms with Crippen molar-refractivity contribution in [2.24, 2.45) is 0 Å². The van der Waals surface area contributed by atoms with Gasteiger partial charge in [-0.3, -0.25) is 4.79 Å². The van der Waals surface area contributed by atoms with Crippen LogP contribution in [0.3, 0.4) is 0 Å². The third-order valence-corrected chi connectivity index (χ3v) is 4.29. The van der Waals surface area contributed by atoms with Crippen LogP contribution in [0.5, 0.6) is 0 Å². The van der Waals surface area contributed by atoms with Crippen molar-refractivity contribution in [3.8, 4) is 22.3 Å². The minimum absolute atomic E-state index is 0.782. The van der Waals surface area contributed by atoms with Crippen LogP contribution in [0.1, 0.15) is 22.8 Å². The summed E-state index contributed by atoms with van der Waals surface area (Å²) < 4.78 is 0. The van der Waals surface area contributed by atoms with Gasteiger partial charge in [0.05, 0.1) is 0 Å². The van der Waals surface area contributed by atoms with E-state index in [-0.39, 0.29) is 0 Å². The van der Waals surface area contributed by atoms with Crippen molar-refractivity contribution in [1.29, 1.82) is 0 Å². The van der Waals surface area contributed by atoms with E-state index in [4.69, 9.17) is 0 Å². The van der Waals surface area contributed by atoms with Gasteiger partial charge < -0.3 is 0 Å². The van der Waals surface area contributed by atoms with Crippen LogP contribution in [-0.2, 0) is 6.42 Å². The van der Waals surface area contributed by atoms with Gasteiger partial charge in [-0.25, -0.2) is 0 Å². The molecule has 0 bridgehead atoms. The first kappa shape index (κ1) is 11.4. The van der Waals surface area contributed by atoms with Crippen LogP contribution in [0, 0.1) is 0 Å². The molecule has 4 rings (SSSR count). The SMILES string of the molecule is CCc1ccc2c3c(cccc13)-c1c(C=O)cccc1-2. The molecule has 3 aromatic rings. The van der Waals surface area contributed by atoms with E-state index in [0.717, 1.165) is 23.8 Å². The number of benzene rings is 3. The molecule has 0 heterocycles. The van der Waals surface area contributed by atoms with Gasteiger partial charge in [0.15, 0.2) is 6.29 Å². The predicted molar refractivity (Wildman–Crippen MR) is 83.1 cm³/mol. The Bertz CT molecular complexity index is 859. The molecule has 1 heteroatoms. The first-order valence-corrected chi connectivity index (χ1v) is 6.98. The summed E-state index contributed by atoms with van der Waals surface area (Å²) in [5.74, 6) is 0. The Labute approximate surface area is 117 Å². The number of hydrogen-bond acceptors (Lipinski definition) is 1. The summed E-state index contributed by atoms with van der Waals surface area (Å²) in [6.45, 7) is 2.18. The Morgan fingerprint density at radius 2 is 1.70 bits per heavy atom. The van der Waals surface area contributed by atoms with E-state index >= 15 is 0 Å². The minimum Gasteiger partial charge on any atom is -0.298 e. The summed E-state index contributed by atoms with van der Waals surface area (Å²) in [4.78, 5) is 11.4. The molecule has 0 unspecified atom stereocenters. The molecule has 0 N–H and O–H groups in total. The monoisotopic (exact) mass is 258 g/mol. The molecule has 1 nitrogen and oxygen atoms in total. The standard InChI is InChI=1S/C19H14O/c1-2-12-9-10-16-15-7-3-5-13(11-20)18(15)17-8-4-6-14(12)19(16)17/h3-11H,2H2,1H3. The van der Waals surface area contributed by atoms with Crippen molar-refractivity contribution >= 4 is 17.1 Å². The van der Waals surface area contributed by atoms with Crippen LogP contribution in [0.4, 0.5) is 0 Å². The van der Waals surface area contributed by atoms with Gasteiger partial charge in [0.2, 0.25) is 0 Å². The second kappa shape index (κ2) is 4.04. The lowest BCUT2D eigenvalue weighted by Gasteiger charge is -2.07. The normalized spacial score (nSPS) is 11.7. The maximum absolute atomic E-state index is 11.4. The highest BCUT2D eigenvalue weighted by molar-refractivity contribution is 6.18. The molecule has 0 saturated heterocycles. The van der Waals surface area contributed by atoms with E-state index in [1.165, 1.54) is 33.0 Å². The molecule has 0 spiro atoms. The Balaban J connectivity index is 2.22.